The first-order valence-corrected chi connectivity index (χ1v) is 3.69. The molecule has 0 aliphatic carbocycles. The third-order valence-electron chi connectivity index (χ3n) is 0.794. The van der Waals surface area contributed by atoms with Gasteiger partial charge in [0.2, 0.25) is 0 Å². The molecule has 80 valence electrons. The van der Waals surface area contributed by atoms with E-state index in [0.717, 1.165) is 0 Å². The predicted molar refractivity (Wildman–Crippen MR) is 28.3 cm³/mol. The van der Waals surface area contributed by atoms with E-state index in [-0.39, 0.29) is 0 Å². The van der Waals surface area contributed by atoms with Gasteiger partial charge in [-0.2, -0.15) is 26.3 Å². The molecule has 0 spiro atoms. The molecule has 13 heavy (non-hydrogen) atoms. The first-order chi connectivity index (χ1) is 5.55. The molecule has 0 bridgehead atoms. The molecule has 0 aromatic rings. The smallest absolute Gasteiger partial charge is 0.328 e. The lowest BCUT2D eigenvalue weighted by molar-refractivity contribution is -0.301. The van der Waals surface area contributed by atoms with Crippen LogP contribution in [0, 0.1) is 0 Å². The van der Waals surface area contributed by atoms with E-state index >= 15 is 0 Å². The summed E-state index contributed by atoms with van der Waals surface area (Å²) in [5, 5.41) is 0. The zero-order chi connectivity index (χ0) is 10.9. The van der Waals surface area contributed by atoms with E-state index in [9.17, 15) is 26.3 Å². The van der Waals surface area contributed by atoms with Gasteiger partial charge in [0.1, 0.15) is 0 Å². The maximum Gasteiger partial charge on any atom is 0.424 e. The molecule has 0 aliphatic heterocycles. The predicted octanol–water partition coefficient (Wildman–Crippen LogP) is 1.71. The number of halogens is 6. The fraction of sp³-hybridized carbons (Fsp3) is 1.00. The molecule has 0 atom stereocenters. The summed E-state index contributed by atoms with van der Waals surface area (Å²) in [6.45, 7) is 0. The summed E-state index contributed by atoms with van der Waals surface area (Å²) >= 11 is 0. The van der Waals surface area contributed by atoms with Crippen molar-refractivity contribution >= 4 is 8.60 Å². The van der Waals surface area contributed by atoms with Crippen molar-refractivity contribution in [2.75, 3.05) is 0 Å². The Morgan fingerprint density at radius 2 is 1.23 bits per heavy atom. The average Bonchev–Trinajstić information content (AvgIpc) is 1.77. The van der Waals surface area contributed by atoms with Crippen LogP contribution in [-0.4, -0.2) is 28.2 Å². The van der Waals surface area contributed by atoms with Crippen LogP contribution in [0.4, 0.5) is 26.3 Å². The summed E-state index contributed by atoms with van der Waals surface area (Å²) in [6.07, 6.45) is -15.6. The minimum atomic E-state index is -5.72. The molecule has 10 heteroatoms. The first-order valence-electron chi connectivity index (χ1n) is 2.53. The molecular formula is C3H3F6O3P. The highest BCUT2D eigenvalue weighted by Crippen LogP contribution is 2.42. The fourth-order valence-electron chi connectivity index (χ4n) is 0.399. The van der Waals surface area contributed by atoms with E-state index in [1.165, 1.54) is 0 Å². The average molecular weight is 232 g/mol. The van der Waals surface area contributed by atoms with Crippen molar-refractivity contribution < 1.29 is 40.7 Å². The quantitative estimate of drug-likeness (QED) is 0.562. The van der Waals surface area contributed by atoms with Gasteiger partial charge in [0.15, 0.2) is 0 Å². The van der Waals surface area contributed by atoms with Gasteiger partial charge in [0.25, 0.3) is 6.10 Å². The van der Waals surface area contributed by atoms with Gasteiger partial charge in [-0.15, -0.1) is 0 Å². The van der Waals surface area contributed by atoms with Crippen molar-refractivity contribution in [3.8, 4) is 0 Å². The van der Waals surface area contributed by atoms with E-state index in [1.54, 1.807) is 0 Å². The molecule has 0 saturated heterocycles. The summed E-state index contributed by atoms with van der Waals surface area (Å²) < 4.78 is 72.0. The second kappa shape index (κ2) is 3.95. The van der Waals surface area contributed by atoms with E-state index < -0.39 is 27.1 Å². The van der Waals surface area contributed by atoms with Crippen molar-refractivity contribution in [1.29, 1.82) is 0 Å². The summed E-state index contributed by atoms with van der Waals surface area (Å²) in [5.41, 5.74) is 0. The Balaban J connectivity index is 4.58. The van der Waals surface area contributed by atoms with Gasteiger partial charge >= 0.3 is 21.0 Å². The lowest BCUT2D eigenvalue weighted by Gasteiger charge is -2.22. The molecule has 0 fully saturated rings. The number of hydrogen-bond acceptors (Lipinski definition) is 3. The van der Waals surface area contributed by atoms with Crippen LogP contribution in [0.1, 0.15) is 0 Å². The van der Waals surface area contributed by atoms with Crippen LogP contribution in [0.15, 0.2) is 0 Å². The third kappa shape index (κ3) is 4.61. The van der Waals surface area contributed by atoms with Crippen LogP contribution in [0.3, 0.4) is 0 Å². The van der Waals surface area contributed by atoms with Crippen molar-refractivity contribution in [2.24, 2.45) is 0 Å². The Hall–Kier alpha value is -0.110. The largest absolute Gasteiger partial charge is 0.424 e. The van der Waals surface area contributed by atoms with Crippen molar-refractivity contribution in [1.82, 2.24) is 0 Å². The molecule has 0 radical (unpaired) electrons. The Morgan fingerprint density at radius 3 is 1.31 bits per heavy atom. The molecule has 3 nitrogen and oxygen atoms in total. The second-order valence-corrected chi connectivity index (χ2v) is 2.54. The van der Waals surface area contributed by atoms with Crippen LogP contribution >= 0.6 is 8.60 Å². The molecule has 2 N–H and O–H groups in total. The monoisotopic (exact) mass is 232 g/mol. The molecule has 0 rings (SSSR count). The first kappa shape index (κ1) is 12.9. The minimum Gasteiger partial charge on any atom is -0.328 e. The molecule has 0 unspecified atom stereocenters. The van der Waals surface area contributed by atoms with Crippen LogP contribution in [-0.2, 0) is 4.52 Å². The van der Waals surface area contributed by atoms with Gasteiger partial charge in [0, 0.05) is 0 Å². The van der Waals surface area contributed by atoms with Crippen LogP contribution in [0.5, 0.6) is 0 Å². The van der Waals surface area contributed by atoms with Crippen molar-refractivity contribution in [2.45, 2.75) is 18.5 Å². The zero-order valence-electron chi connectivity index (χ0n) is 5.60. The highest BCUT2D eigenvalue weighted by atomic mass is 31.2. The lowest BCUT2D eigenvalue weighted by Crippen LogP contribution is -2.43. The van der Waals surface area contributed by atoms with Gasteiger partial charge in [-0.1, -0.05) is 0 Å². The third-order valence-corrected chi connectivity index (χ3v) is 1.19. The van der Waals surface area contributed by atoms with Crippen LogP contribution in [0.25, 0.3) is 0 Å². The van der Waals surface area contributed by atoms with E-state index in [0.29, 0.717) is 0 Å². The SMILES string of the molecule is OP(O)OC(C(F)(F)F)C(F)(F)F. The topological polar surface area (TPSA) is 49.7 Å². The van der Waals surface area contributed by atoms with E-state index in [2.05, 4.69) is 4.52 Å². The van der Waals surface area contributed by atoms with Gasteiger partial charge in [-0.25, -0.2) is 0 Å². The molecule has 0 aromatic carbocycles. The molecule has 0 aromatic heterocycles. The maximum absolute atomic E-state index is 11.5. The molecule has 0 saturated carbocycles. The van der Waals surface area contributed by atoms with Gasteiger partial charge in [0.05, 0.1) is 0 Å². The highest BCUT2D eigenvalue weighted by molar-refractivity contribution is 7.39. The molecule has 0 aliphatic rings. The number of hydrogen-bond donors (Lipinski definition) is 2. The lowest BCUT2D eigenvalue weighted by atomic mass is 10.3. The molecular weight excluding hydrogens is 229 g/mol. The van der Waals surface area contributed by atoms with E-state index in [4.69, 9.17) is 9.79 Å². The van der Waals surface area contributed by atoms with Gasteiger partial charge in [-0.05, 0) is 0 Å². The standard InChI is InChI=1S/C3H3F6O3P/c4-2(5,6)1(3(7,8)9)12-13(10)11/h1,10-11H. The van der Waals surface area contributed by atoms with E-state index in [1.807, 2.05) is 0 Å². The maximum atomic E-state index is 11.5. The Labute approximate surface area is 68.9 Å². The van der Waals surface area contributed by atoms with Crippen LogP contribution in [0.2, 0.25) is 0 Å². The Morgan fingerprint density at radius 1 is 0.923 bits per heavy atom. The second-order valence-electron chi connectivity index (χ2n) is 1.82. The van der Waals surface area contributed by atoms with Crippen molar-refractivity contribution in [3.05, 3.63) is 0 Å². The van der Waals surface area contributed by atoms with Gasteiger partial charge < -0.3 is 9.79 Å². The Kier molecular flexibility index (Phi) is 3.92. The van der Waals surface area contributed by atoms with Crippen molar-refractivity contribution in [3.63, 3.8) is 0 Å². The molecule has 0 heterocycles. The molecule has 0 amide bonds. The zero-order valence-corrected chi connectivity index (χ0v) is 6.49. The van der Waals surface area contributed by atoms with Gasteiger partial charge in [-0.3, -0.25) is 4.52 Å². The Bertz CT molecular complexity index is 149. The summed E-state index contributed by atoms with van der Waals surface area (Å²) in [5.74, 6) is 0. The summed E-state index contributed by atoms with van der Waals surface area (Å²) in [4.78, 5) is 15.7. The minimum absolute atomic E-state index is 2.91. The fourth-order valence-corrected chi connectivity index (χ4v) is 0.827. The normalized spacial score (nSPS) is 14.3. The van der Waals surface area contributed by atoms with Crippen LogP contribution < -0.4 is 0 Å². The number of rotatable bonds is 2. The highest BCUT2D eigenvalue weighted by Gasteiger charge is 2.59. The summed E-state index contributed by atoms with van der Waals surface area (Å²) in [7, 11) is -3.71. The number of alkyl halides is 6. The summed E-state index contributed by atoms with van der Waals surface area (Å²) in [6, 6.07) is 0.